The molecule has 9 heteroatoms. The summed E-state index contributed by atoms with van der Waals surface area (Å²) in [5.41, 5.74) is 4.81. The molecule has 0 N–H and O–H groups in total. The van der Waals surface area contributed by atoms with E-state index in [-0.39, 0.29) is 12.6 Å². The molecule has 0 unspecified atom stereocenters. The van der Waals surface area contributed by atoms with Crippen molar-refractivity contribution in [2.45, 2.75) is 31.7 Å². The fraction of sp³-hybridized carbons (Fsp3) is 0.385. The van der Waals surface area contributed by atoms with Gasteiger partial charge in [-0.2, -0.15) is 4.31 Å². The van der Waals surface area contributed by atoms with E-state index in [1.54, 1.807) is 19.1 Å². The Morgan fingerprint density at radius 3 is 2.66 bits per heavy atom. The highest BCUT2D eigenvalue weighted by Gasteiger charge is 2.30. The van der Waals surface area contributed by atoms with Gasteiger partial charge in [-0.25, -0.2) is 13.2 Å². The number of aromatic nitrogens is 1. The van der Waals surface area contributed by atoms with Crippen molar-refractivity contribution in [1.82, 2.24) is 9.29 Å². The zero-order valence-electron chi connectivity index (χ0n) is 20.0. The fourth-order valence-corrected chi connectivity index (χ4v) is 6.38. The molecule has 3 heterocycles. The predicted octanol–water partition coefficient (Wildman–Crippen LogP) is 3.30. The molecule has 0 atom stereocenters. The molecule has 35 heavy (non-hydrogen) atoms. The summed E-state index contributed by atoms with van der Waals surface area (Å²) >= 11 is 0. The van der Waals surface area contributed by atoms with Gasteiger partial charge in [0.1, 0.15) is 0 Å². The zero-order valence-corrected chi connectivity index (χ0v) is 20.8. The summed E-state index contributed by atoms with van der Waals surface area (Å²) in [5, 5.41) is 0.930. The van der Waals surface area contributed by atoms with Crippen LogP contribution in [0.4, 0.5) is 5.69 Å². The number of hydrogen-bond donors (Lipinski definition) is 0. The number of hydrogen-bond acceptors (Lipinski definition) is 7. The number of esters is 1. The molecule has 8 nitrogen and oxygen atoms in total. The van der Waals surface area contributed by atoms with Gasteiger partial charge in [0.05, 0.1) is 48.0 Å². The second-order valence-electron chi connectivity index (χ2n) is 8.77. The standard InChI is InChI=1S/C26H29N3O5S/c1-3-34-26(30)25-18(2)21-6-4-5-7-22(21)27-23(25)17-28-11-10-19-16-20(8-9-24(19)28)35(31,32)29-12-14-33-15-13-29/h4-9,16H,3,10-15,17H2,1-2H3. The normalized spacial score (nSPS) is 16.5. The Hall–Kier alpha value is -3.01. The van der Waals surface area contributed by atoms with E-state index in [2.05, 4.69) is 4.90 Å². The molecule has 2 aromatic carbocycles. The lowest BCUT2D eigenvalue weighted by atomic mass is 10.0. The SMILES string of the molecule is CCOC(=O)c1c(CN2CCc3cc(S(=O)(=O)N4CCOCC4)ccc32)nc2ccccc2c1C. The third-order valence-electron chi connectivity index (χ3n) is 6.70. The lowest BCUT2D eigenvalue weighted by molar-refractivity contribution is 0.0524. The third-order valence-corrected chi connectivity index (χ3v) is 8.59. The van der Waals surface area contributed by atoms with Crippen LogP contribution in [0.2, 0.25) is 0 Å². The van der Waals surface area contributed by atoms with Crippen LogP contribution in [-0.4, -0.2) is 63.1 Å². The van der Waals surface area contributed by atoms with Crippen molar-refractivity contribution in [2.75, 3.05) is 44.4 Å². The first-order chi connectivity index (χ1) is 16.9. The van der Waals surface area contributed by atoms with E-state index in [0.29, 0.717) is 55.5 Å². The summed E-state index contributed by atoms with van der Waals surface area (Å²) in [7, 11) is -3.55. The van der Waals surface area contributed by atoms with Crippen molar-refractivity contribution in [3.63, 3.8) is 0 Å². The van der Waals surface area contributed by atoms with Crippen LogP contribution in [0.15, 0.2) is 47.4 Å². The molecule has 0 spiro atoms. The van der Waals surface area contributed by atoms with Gasteiger partial charge in [-0.3, -0.25) is 4.98 Å². The monoisotopic (exact) mass is 495 g/mol. The number of sulfonamides is 1. The maximum atomic E-state index is 13.1. The number of fused-ring (bicyclic) bond motifs is 2. The molecule has 1 fully saturated rings. The third kappa shape index (κ3) is 4.39. The Balaban J connectivity index is 1.47. The summed E-state index contributed by atoms with van der Waals surface area (Å²) in [6.07, 6.45) is 0.725. The lowest BCUT2D eigenvalue weighted by Crippen LogP contribution is -2.40. The minimum absolute atomic E-state index is 0.289. The smallest absolute Gasteiger partial charge is 0.340 e. The molecule has 2 aliphatic heterocycles. The van der Waals surface area contributed by atoms with Crippen molar-refractivity contribution in [3.8, 4) is 0 Å². The average molecular weight is 496 g/mol. The zero-order chi connectivity index (χ0) is 24.6. The first-order valence-electron chi connectivity index (χ1n) is 11.9. The van der Waals surface area contributed by atoms with Gasteiger partial charge in [-0.15, -0.1) is 0 Å². The van der Waals surface area contributed by atoms with Gasteiger partial charge in [0.15, 0.2) is 0 Å². The van der Waals surface area contributed by atoms with Gasteiger partial charge >= 0.3 is 5.97 Å². The number of rotatable bonds is 6. The van der Waals surface area contributed by atoms with Crippen LogP contribution in [0.5, 0.6) is 0 Å². The molecule has 1 saturated heterocycles. The van der Waals surface area contributed by atoms with E-state index in [9.17, 15) is 13.2 Å². The van der Waals surface area contributed by atoms with Crippen LogP contribution in [0, 0.1) is 6.92 Å². The Morgan fingerprint density at radius 1 is 1.11 bits per heavy atom. The van der Waals surface area contributed by atoms with Crippen LogP contribution in [0.1, 0.15) is 34.1 Å². The van der Waals surface area contributed by atoms with Gasteiger partial charge in [-0.05, 0) is 55.7 Å². The quantitative estimate of drug-likeness (QED) is 0.485. The van der Waals surface area contributed by atoms with Crippen molar-refractivity contribution in [3.05, 3.63) is 64.8 Å². The number of ether oxygens (including phenoxy) is 2. The number of pyridine rings is 1. The second kappa shape index (κ2) is 9.56. The van der Waals surface area contributed by atoms with E-state index in [1.165, 1.54) is 4.31 Å². The fourth-order valence-electron chi connectivity index (χ4n) is 4.92. The van der Waals surface area contributed by atoms with E-state index >= 15 is 0 Å². The Bertz CT molecular complexity index is 1380. The molecule has 3 aromatic rings. The molecule has 2 aliphatic rings. The Labute approximate surface area is 205 Å². The number of aryl methyl sites for hydroxylation is 1. The predicted molar refractivity (Wildman–Crippen MR) is 133 cm³/mol. The van der Waals surface area contributed by atoms with Crippen molar-refractivity contribution in [1.29, 1.82) is 0 Å². The van der Waals surface area contributed by atoms with Crippen LogP contribution < -0.4 is 4.90 Å². The molecule has 0 saturated carbocycles. The van der Waals surface area contributed by atoms with Crippen LogP contribution in [0.25, 0.3) is 10.9 Å². The number of para-hydroxylation sites is 1. The van der Waals surface area contributed by atoms with Gasteiger partial charge in [-0.1, -0.05) is 18.2 Å². The Morgan fingerprint density at radius 2 is 1.89 bits per heavy atom. The first-order valence-corrected chi connectivity index (χ1v) is 13.3. The van der Waals surface area contributed by atoms with Gasteiger partial charge in [0.2, 0.25) is 10.0 Å². The number of morpholine rings is 1. The molecule has 184 valence electrons. The number of nitrogens with zero attached hydrogens (tertiary/aromatic N) is 3. The summed E-state index contributed by atoms with van der Waals surface area (Å²) in [6.45, 7) is 6.73. The average Bonchev–Trinajstić information content (AvgIpc) is 3.27. The summed E-state index contributed by atoms with van der Waals surface area (Å²) in [5.74, 6) is -0.371. The highest BCUT2D eigenvalue weighted by Crippen LogP contribution is 2.33. The van der Waals surface area contributed by atoms with Crippen LogP contribution in [0.3, 0.4) is 0 Å². The maximum Gasteiger partial charge on any atom is 0.340 e. The Kier molecular flexibility index (Phi) is 6.48. The van der Waals surface area contributed by atoms with E-state index in [4.69, 9.17) is 14.5 Å². The van der Waals surface area contributed by atoms with Gasteiger partial charge in [0, 0.05) is 30.7 Å². The van der Waals surface area contributed by atoms with Crippen LogP contribution in [-0.2, 0) is 32.5 Å². The second-order valence-corrected chi connectivity index (χ2v) is 10.7. The van der Waals surface area contributed by atoms with Crippen molar-refractivity contribution < 1.29 is 22.7 Å². The summed E-state index contributed by atoms with van der Waals surface area (Å²) in [4.78, 5) is 20.2. The highest BCUT2D eigenvalue weighted by atomic mass is 32.2. The molecule has 1 aromatic heterocycles. The largest absolute Gasteiger partial charge is 0.462 e. The number of benzene rings is 2. The van der Waals surface area contributed by atoms with Crippen LogP contribution >= 0.6 is 0 Å². The highest BCUT2D eigenvalue weighted by molar-refractivity contribution is 7.89. The van der Waals surface area contributed by atoms with Gasteiger partial charge < -0.3 is 14.4 Å². The first kappa shape index (κ1) is 23.7. The van der Waals surface area contributed by atoms with Crippen molar-refractivity contribution in [2.24, 2.45) is 0 Å². The summed E-state index contributed by atoms with van der Waals surface area (Å²) < 4.78 is 38.3. The molecule has 0 radical (unpaired) electrons. The minimum Gasteiger partial charge on any atom is -0.462 e. The number of carbonyl (C=O) groups is 1. The summed E-state index contributed by atoms with van der Waals surface area (Å²) in [6, 6.07) is 13.1. The van der Waals surface area contributed by atoms with E-state index in [0.717, 1.165) is 34.1 Å². The molecular formula is C26H29N3O5S. The van der Waals surface area contributed by atoms with Gasteiger partial charge in [0.25, 0.3) is 0 Å². The molecule has 5 rings (SSSR count). The van der Waals surface area contributed by atoms with E-state index < -0.39 is 10.0 Å². The molecule has 0 amide bonds. The number of anilines is 1. The maximum absolute atomic E-state index is 13.1. The minimum atomic E-state index is -3.55. The molecule has 0 bridgehead atoms. The number of carbonyl (C=O) groups excluding carboxylic acids is 1. The molecule has 0 aliphatic carbocycles. The van der Waals surface area contributed by atoms with E-state index in [1.807, 2.05) is 37.3 Å². The molecular weight excluding hydrogens is 466 g/mol. The lowest BCUT2D eigenvalue weighted by Gasteiger charge is -2.26. The van der Waals surface area contributed by atoms with Crippen molar-refractivity contribution >= 4 is 32.6 Å². The topological polar surface area (TPSA) is 89.0 Å².